The van der Waals surface area contributed by atoms with E-state index in [9.17, 15) is 23.9 Å². The minimum atomic E-state index is -1.13. The van der Waals surface area contributed by atoms with Crippen LogP contribution in [-0.4, -0.2) is 40.4 Å². The third-order valence-corrected chi connectivity index (χ3v) is 4.03. The second-order valence-electron chi connectivity index (χ2n) is 6.10. The number of carboxylic acids is 1. The Morgan fingerprint density at radius 2 is 1.74 bits per heavy atom. The highest BCUT2D eigenvalue weighted by Gasteiger charge is 2.25. The molecule has 1 unspecified atom stereocenters. The number of nitrogens with zero attached hydrogens (tertiary/aromatic N) is 1. The summed E-state index contributed by atoms with van der Waals surface area (Å²) in [6, 6.07) is 13.6. The van der Waals surface area contributed by atoms with Crippen LogP contribution in [0.4, 0.5) is 4.39 Å². The van der Waals surface area contributed by atoms with Crippen molar-refractivity contribution in [2.75, 3.05) is 6.54 Å². The van der Waals surface area contributed by atoms with E-state index >= 15 is 0 Å². The number of rotatable bonds is 8. The second-order valence-corrected chi connectivity index (χ2v) is 6.10. The number of aliphatic carboxylic acids is 1. The van der Waals surface area contributed by atoms with E-state index in [1.807, 2.05) is 6.07 Å². The van der Waals surface area contributed by atoms with Gasteiger partial charge in [-0.15, -0.1) is 0 Å². The molecule has 142 valence electrons. The summed E-state index contributed by atoms with van der Waals surface area (Å²) in [5.74, 6) is -2.54. The van der Waals surface area contributed by atoms with Gasteiger partial charge in [-0.3, -0.25) is 9.59 Å². The van der Waals surface area contributed by atoms with Crippen LogP contribution in [0.2, 0.25) is 0 Å². The Labute approximate surface area is 156 Å². The fraction of sp³-hybridized carbons (Fsp3) is 0.250. The van der Waals surface area contributed by atoms with Crippen LogP contribution < -0.4 is 5.32 Å². The highest BCUT2D eigenvalue weighted by Crippen LogP contribution is 2.09. The molecule has 2 aromatic rings. The fourth-order valence-electron chi connectivity index (χ4n) is 2.53. The highest BCUT2D eigenvalue weighted by atomic mass is 19.1. The van der Waals surface area contributed by atoms with Crippen LogP contribution in [0.25, 0.3) is 0 Å². The lowest BCUT2D eigenvalue weighted by Crippen LogP contribution is -2.47. The van der Waals surface area contributed by atoms with E-state index < -0.39 is 29.6 Å². The lowest BCUT2D eigenvalue weighted by molar-refractivity contribution is -0.149. The van der Waals surface area contributed by atoms with Gasteiger partial charge in [-0.1, -0.05) is 42.5 Å². The van der Waals surface area contributed by atoms with Gasteiger partial charge >= 0.3 is 5.97 Å². The van der Waals surface area contributed by atoms with Gasteiger partial charge in [-0.25, -0.2) is 9.18 Å². The van der Waals surface area contributed by atoms with Crippen molar-refractivity contribution in [2.45, 2.75) is 25.9 Å². The fourth-order valence-corrected chi connectivity index (χ4v) is 2.53. The minimum Gasteiger partial charge on any atom is -0.480 e. The van der Waals surface area contributed by atoms with Crippen LogP contribution in [0.5, 0.6) is 0 Å². The summed E-state index contributed by atoms with van der Waals surface area (Å²) in [5, 5.41) is 11.7. The van der Waals surface area contributed by atoms with Crippen molar-refractivity contribution in [3.63, 3.8) is 0 Å². The van der Waals surface area contributed by atoms with Gasteiger partial charge in [0, 0.05) is 6.54 Å². The van der Waals surface area contributed by atoms with E-state index in [-0.39, 0.29) is 19.5 Å². The largest absolute Gasteiger partial charge is 0.480 e. The maximum absolute atomic E-state index is 13.2. The molecular weight excluding hydrogens is 351 g/mol. The van der Waals surface area contributed by atoms with Gasteiger partial charge in [0.05, 0.1) is 13.0 Å². The molecular formula is C20H21FN2O4. The Hall–Kier alpha value is -3.22. The van der Waals surface area contributed by atoms with Gasteiger partial charge in [0.2, 0.25) is 11.8 Å². The number of halogens is 1. The van der Waals surface area contributed by atoms with Gasteiger partial charge in [0.15, 0.2) is 0 Å². The van der Waals surface area contributed by atoms with Gasteiger partial charge in [0.1, 0.15) is 11.9 Å². The first-order chi connectivity index (χ1) is 12.9. The summed E-state index contributed by atoms with van der Waals surface area (Å²) in [7, 11) is 0. The van der Waals surface area contributed by atoms with Crippen molar-refractivity contribution in [3.05, 3.63) is 71.5 Å². The lowest BCUT2D eigenvalue weighted by Gasteiger charge is -2.27. The van der Waals surface area contributed by atoms with E-state index in [4.69, 9.17) is 0 Å². The molecule has 0 aliphatic carbocycles. The van der Waals surface area contributed by atoms with Crippen molar-refractivity contribution in [3.8, 4) is 0 Å². The van der Waals surface area contributed by atoms with Crippen molar-refractivity contribution < 1.29 is 23.9 Å². The van der Waals surface area contributed by atoms with Crippen LogP contribution >= 0.6 is 0 Å². The predicted octanol–water partition coefficient (Wildman–Crippen LogP) is 1.99. The van der Waals surface area contributed by atoms with Crippen LogP contribution in [0.1, 0.15) is 18.1 Å². The summed E-state index contributed by atoms with van der Waals surface area (Å²) in [6.45, 7) is 1.20. The van der Waals surface area contributed by atoms with Gasteiger partial charge < -0.3 is 15.3 Å². The molecule has 0 aliphatic heterocycles. The first-order valence-corrected chi connectivity index (χ1v) is 8.44. The Kier molecular flexibility index (Phi) is 7.05. The average molecular weight is 372 g/mol. The molecule has 6 nitrogen and oxygen atoms in total. The van der Waals surface area contributed by atoms with Gasteiger partial charge in [0.25, 0.3) is 0 Å². The first-order valence-electron chi connectivity index (χ1n) is 8.44. The van der Waals surface area contributed by atoms with E-state index in [0.717, 1.165) is 5.56 Å². The van der Waals surface area contributed by atoms with Crippen LogP contribution in [0.15, 0.2) is 54.6 Å². The van der Waals surface area contributed by atoms with Gasteiger partial charge in [-0.2, -0.15) is 0 Å². The second kappa shape index (κ2) is 9.47. The molecule has 0 aliphatic rings. The first kappa shape index (κ1) is 20.1. The molecule has 0 spiro atoms. The van der Waals surface area contributed by atoms with E-state index in [0.29, 0.717) is 5.56 Å². The Balaban J connectivity index is 1.98. The Morgan fingerprint density at radius 1 is 1.07 bits per heavy atom. The third-order valence-electron chi connectivity index (χ3n) is 4.03. The topological polar surface area (TPSA) is 86.7 Å². The minimum absolute atomic E-state index is 0.0712. The number of benzene rings is 2. The number of carbonyl (C=O) groups is 3. The number of carboxylic acid groups (broad SMARTS) is 1. The molecule has 0 fully saturated rings. The molecule has 0 aromatic heterocycles. The maximum Gasteiger partial charge on any atom is 0.326 e. The lowest BCUT2D eigenvalue weighted by atomic mass is 10.1. The predicted molar refractivity (Wildman–Crippen MR) is 97.2 cm³/mol. The summed E-state index contributed by atoms with van der Waals surface area (Å²) in [6.07, 6.45) is -0.0712. The third kappa shape index (κ3) is 6.22. The number of hydrogen-bond acceptors (Lipinski definition) is 3. The van der Waals surface area contributed by atoms with Crippen molar-refractivity contribution in [2.24, 2.45) is 0 Å². The van der Waals surface area contributed by atoms with Crippen molar-refractivity contribution >= 4 is 17.8 Å². The number of carbonyl (C=O) groups excluding carboxylic acids is 2. The quantitative estimate of drug-likeness (QED) is 0.742. The normalized spacial score (nSPS) is 11.5. The molecule has 0 heterocycles. The summed E-state index contributed by atoms with van der Waals surface area (Å²) in [4.78, 5) is 37.0. The van der Waals surface area contributed by atoms with Crippen molar-refractivity contribution in [1.82, 2.24) is 10.2 Å². The molecule has 0 saturated carbocycles. The zero-order valence-corrected chi connectivity index (χ0v) is 14.9. The molecule has 2 N–H and O–H groups in total. The molecule has 1 atom stereocenters. The Bertz CT molecular complexity index is 811. The monoisotopic (exact) mass is 372 g/mol. The van der Waals surface area contributed by atoms with Crippen LogP contribution in [0, 0.1) is 5.82 Å². The van der Waals surface area contributed by atoms with E-state index in [1.54, 1.807) is 30.3 Å². The molecule has 2 aromatic carbocycles. The van der Waals surface area contributed by atoms with Crippen LogP contribution in [0.3, 0.4) is 0 Å². The number of hydrogen-bond donors (Lipinski definition) is 2. The number of nitrogens with one attached hydrogen (secondary N) is 1. The zero-order valence-electron chi connectivity index (χ0n) is 14.9. The van der Waals surface area contributed by atoms with E-state index in [1.165, 1.54) is 30.0 Å². The molecule has 0 bridgehead atoms. The smallest absolute Gasteiger partial charge is 0.326 e. The summed E-state index contributed by atoms with van der Waals surface area (Å²) < 4.78 is 13.2. The summed E-state index contributed by atoms with van der Waals surface area (Å²) >= 11 is 0. The molecule has 2 rings (SSSR count). The average Bonchev–Trinajstić information content (AvgIpc) is 2.64. The zero-order chi connectivity index (χ0) is 19.8. The molecule has 2 amide bonds. The molecule has 0 radical (unpaired) electrons. The molecule has 0 saturated heterocycles. The molecule has 27 heavy (non-hydrogen) atoms. The maximum atomic E-state index is 13.2. The Morgan fingerprint density at radius 3 is 2.37 bits per heavy atom. The SMILES string of the molecule is CC(C(=O)O)N(Cc1ccccc1)C(=O)CNC(=O)Cc1cccc(F)c1. The van der Waals surface area contributed by atoms with Crippen molar-refractivity contribution in [1.29, 1.82) is 0 Å². The standard InChI is InChI=1S/C20H21FN2O4/c1-14(20(26)27)23(13-15-6-3-2-4-7-15)19(25)12-22-18(24)11-16-8-5-9-17(21)10-16/h2-10,14H,11-13H2,1H3,(H,22,24)(H,26,27). The highest BCUT2D eigenvalue weighted by molar-refractivity contribution is 5.88. The summed E-state index contributed by atoms with van der Waals surface area (Å²) in [5.41, 5.74) is 1.27. The number of amides is 2. The van der Waals surface area contributed by atoms with E-state index in [2.05, 4.69) is 5.32 Å². The molecule has 7 heteroatoms. The van der Waals surface area contributed by atoms with Gasteiger partial charge in [-0.05, 0) is 30.2 Å². The van der Waals surface area contributed by atoms with Crippen LogP contribution in [-0.2, 0) is 27.3 Å².